The molecule has 2 aromatic rings. The lowest BCUT2D eigenvalue weighted by Gasteiger charge is -2.04. The van der Waals surface area contributed by atoms with Gasteiger partial charge in [0.15, 0.2) is 11.6 Å². The number of nitrogens with zero attached hydrogens (tertiary/aromatic N) is 3. The summed E-state index contributed by atoms with van der Waals surface area (Å²) in [5.41, 5.74) is 0.158. The minimum atomic E-state index is -0.529. The quantitative estimate of drug-likeness (QED) is 0.854. The van der Waals surface area contributed by atoms with Gasteiger partial charge in [-0.2, -0.15) is 10.2 Å². The molecule has 0 amide bonds. The SMILES string of the molecule is N#Cc1ccnc(Oc2cc(Br)ccc2F)n1. The van der Waals surface area contributed by atoms with E-state index >= 15 is 0 Å². The molecule has 0 bridgehead atoms. The summed E-state index contributed by atoms with van der Waals surface area (Å²) in [7, 11) is 0. The van der Waals surface area contributed by atoms with Gasteiger partial charge in [0.05, 0.1) is 0 Å². The summed E-state index contributed by atoms with van der Waals surface area (Å²) < 4.78 is 19.2. The van der Waals surface area contributed by atoms with Gasteiger partial charge in [-0.15, -0.1) is 0 Å². The van der Waals surface area contributed by atoms with Gasteiger partial charge >= 0.3 is 6.01 Å². The molecule has 4 nitrogen and oxygen atoms in total. The molecule has 1 aromatic heterocycles. The molecule has 6 heteroatoms. The Morgan fingerprint density at radius 2 is 2.18 bits per heavy atom. The largest absolute Gasteiger partial charge is 0.421 e. The zero-order valence-corrected chi connectivity index (χ0v) is 9.98. The Balaban J connectivity index is 2.31. The lowest BCUT2D eigenvalue weighted by Crippen LogP contribution is -1.95. The molecule has 2 rings (SSSR count). The van der Waals surface area contributed by atoms with Crippen LogP contribution in [-0.2, 0) is 0 Å². The molecular formula is C11H5BrFN3O. The predicted octanol–water partition coefficient (Wildman–Crippen LogP) is 3.04. The van der Waals surface area contributed by atoms with E-state index in [4.69, 9.17) is 10.00 Å². The minimum absolute atomic E-state index is 0.00513. The van der Waals surface area contributed by atoms with Crippen molar-refractivity contribution in [2.75, 3.05) is 0 Å². The molecule has 0 saturated heterocycles. The van der Waals surface area contributed by atoms with Crippen molar-refractivity contribution in [2.45, 2.75) is 0 Å². The number of benzene rings is 1. The molecule has 0 unspecified atom stereocenters. The van der Waals surface area contributed by atoms with Crippen LogP contribution >= 0.6 is 15.9 Å². The first kappa shape index (κ1) is 11.5. The summed E-state index contributed by atoms with van der Waals surface area (Å²) in [4.78, 5) is 7.57. The number of hydrogen-bond donors (Lipinski definition) is 0. The topological polar surface area (TPSA) is 58.8 Å². The van der Waals surface area contributed by atoms with Gasteiger partial charge in [-0.05, 0) is 24.3 Å². The fourth-order valence-electron chi connectivity index (χ4n) is 1.11. The number of halogens is 2. The van der Waals surface area contributed by atoms with Crippen LogP contribution in [0.2, 0.25) is 0 Å². The van der Waals surface area contributed by atoms with Gasteiger partial charge in [0.2, 0.25) is 0 Å². The second-order valence-electron chi connectivity index (χ2n) is 3.01. The molecule has 1 aromatic carbocycles. The number of rotatable bonds is 2. The summed E-state index contributed by atoms with van der Waals surface area (Å²) in [6, 6.07) is 7.48. The Morgan fingerprint density at radius 1 is 1.35 bits per heavy atom. The van der Waals surface area contributed by atoms with Crippen molar-refractivity contribution in [1.29, 1.82) is 5.26 Å². The zero-order chi connectivity index (χ0) is 12.3. The van der Waals surface area contributed by atoms with Gasteiger partial charge in [0.1, 0.15) is 11.8 Å². The molecule has 0 saturated carbocycles. The summed E-state index contributed by atoms with van der Waals surface area (Å²) in [6.07, 6.45) is 1.37. The van der Waals surface area contributed by atoms with Crippen molar-refractivity contribution in [3.05, 3.63) is 46.4 Å². The van der Waals surface area contributed by atoms with Crippen molar-refractivity contribution >= 4 is 15.9 Å². The van der Waals surface area contributed by atoms with Crippen LogP contribution in [0.5, 0.6) is 11.8 Å². The molecule has 17 heavy (non-hydrogen) atoms. The van der Waals surface area contributed by atoms with E-state index in [2.05, 4.69) is 25.9 Å². The molecule has 0 aliphatic rings. The average Bonchev–Trinajstić information content (AvgIpc) is 2.34. The first-order valence-electron chi connectivity index (χ1n) is 4.55. The van der Waals surface area contributed by atoms with Crippen LogP contribution < -0.4 is 4.74 Å². The maximum Gasteiger partial charge on any atom is 0.323 e. The Morgan fingerprint density at radius 3 is 2.94 bits per heavy atom. The van der Waals surface area contributed by atoms with Gasteiger partial charge in [0.25, 0.3) is 0 Å². The number of hydrogen-bond acceptors (Lipinski definition) is 4. The Hall–Kier alpha value is -2.00. The van der Waals surface area contributed by atoms with E-state index < -0.39 is 5.82 Å². The third-order valence-electron chi connectivity index (χ3n) is 1.84. The monoisotopic (exact) mass is 293 g/mol. The fraction of sp³-hybridized carbons (Fsp3) is 0. The van der Waals surface area contributed by atoms with E-state index in [1.807, 2.05) is 6.07 Å². The van der Waals surface area contributed by atoms with Gasteiger partial charge < -0.3 is 4.74 Å². The molecule has 0 fully saturated rings. The van der Waals surface area contributed by atoms with Crippen LogP contribution in [0, 0.1) is 17.1 Å². The normalized spacial score (nSPS) is 9.71. The molecule has 0 aliphatic carbocycles. The Labute approximate surface area is 105 Å². The van der Waals surface area contributed by atoms with Crippen LogP contribution in [0.3, 0.4) is 0 Å². The van der Waals surface area contributed by atoms with E-state index in [0.717, 1.165) is 0 Å². The van der Waals surface area contributed by atoms with Crippen LogP contribution in [-0.4, -0.2) is 9.97 Å². The molecule has 1 heterocycles. The number of aromatic nitrogens is 2. The van der Waals surface area contributed by atoms with Crippen LogP contribution in [0.15, 0.2) is 34.9 Å². The molecule has 84 valence electrons. The minimum Gasteiger partial charge on any atom is -0.421 e. The summed E-state index contributed by atoms with van der Waals surface area (Å²) >= 11 is 3.20. The van der Waals surface area contributed by atoms with Crippen molar-refractivity contribution in [1.82, 2.24) is 9.97 Å². The first-order valence-corrected chi connectivity index (χ1v) is 5.34. The molecule has 0 N–H and O–H groups in total. The van der Waals surface area contributed by atoms with E-state index in [9.17, 15) is 4.39 Å². The molecule has 0 spiro atoms. The summed E-state index contributed by atoms with van der Waals surface area (Å²) in [5.74, 6) is -0.534. The van der Waals surface area contributed by atoms with E-state index in [0.29, 0.717) is 4.47 Å². The zero-order valence-electron chi connectivity index (χ0n) is 8.39. The smallest absolute Gasteiger partial charge is 0.323 e. The number of ether oxygens (including phenoxy) is 1. The third-order valence-corrected chi connectivity index (χ3v) is 2.34. The highest BCUT2D eigenvalue weighted by Gasteiger charge is 2.07. The van der Waals surface area contributed by atoms with Crippen molar-refractivity contribution in [3.63, 3.8) is 0 Å². The molecule has 0 radical (unpaired) electrons. The van der Waals surface area contributed by atoms with Gasteiger partial charge in [0, 0.05) is 10.7 Å². The van der Waals surface area contributed by atoms with Crippen molar-refractivity contribution < 1.29 is 9.13 Å². The van der Waals surface area contributed by atoms with E-state index in [1.54, 1.807) is 6.07 Å². The maximum atomic E-state index is 13.4. The Bertz CT molecular complexity index is 598. The highest BCUT2D eigenvalue weighted by Crippen LogP contribution is 2.25. The van der Waals surface area contributed by atoms with Crippen LogP contribution in [0.25, 0.3) is 0 Å². The highest BCUT2D eigenvalue weighted by atomic mass is 79.9. The van der Waals surface area contributed by atoms with Gasteiger partial charge in [-0.3, -0.25) is 0 Å². The maximum absolute atomic E-state index is 13.4. The third kappa shape index (κ3) is 2.77. The van der Waals surface area contributed by atoms with Crippen LogP contribution in [0.1, 0.15) is 5.69 Å². The Kier molecular flexibility index (Phi) is 3.30. The molecule has 0 atom stereocenters. The molecular weight excluding hydrogens is 289 g/mol. The number of nitriles is 1. The lowest BCUT2D eigenvalue weighted by atomic mass is 10.3. The summed E-state index contributed by atoms with van der Waals surface area (Å²) in [6.45, 7) is 0. The first-order chi connectivity index (χ1) is 8.19. The highest BCUT2D eigenvalue weighted by molar-refractivity contribution is 9.10. The standard InChI is InChI=1S/C11H5BrFN3O/c12-7-1-2-9(13)10(5-7)17-11-15-4-3-8(6-14)16-11/h1-5H. The van der Waals surface area contributed by atoms with E-state index in [-0.39, 0.29) is 17.5 Å². The lowest BCUT2D eigenvalue weighted by molar-refractivity contribution is 0.410. The second kappa shape index (κ2) is 4.89. The molecule has 0 aliphatic heterocycles. The summed E-state index contributed by atoms with van der Waals surface area (Å²) in [5, 5.41) is 8.65. The van der Waals surface area contributed by atoms with Gasteiger partial charge in [-0.1, -0.05) is 15.9 Å². The second-order valence-corrected chi connectivity index (χ2v) is 3.93. The van der Waals surface area contributed by atoms with Gasteiger partial charge in [-0.25, -0.2) is 9.37 Å². The van der Waals surface area contributed by atoms with Crippen LogP contribution in [0.4, 0.5) is 4.39 Å². The predicted molar refractivity (Wildman–Crippen MR) is 60.9 cm³/mol. The van der Waals surface area contributed by atoms with E-state index in [1.165, 1.54) is 24.4 Å². The average molecular weight is 294 g/mol. The van der Waals surface area contributed by atoms with Crippen molar-refractivity contribution in [2.24, 2.45) is 0 Å². The van der Waals surface area contributed by atoms with Crippen molar-refractivity contribution in [3.8, 4) is 17.8 Å². The fourth-order valence-corrected chi connectivity index (χ4v) is 1.45.